The Kier molecular flexibility index (Phi) is 6.55. The van der Waals surface area contributed by atoms with Crippen molar-refractivity contribution in [2.75, 3.05) is 18.1 Å². The third-order valence-corrected chi connectivity index (χ3v) is 5.47. The molecular formula is C23H31N3O2. The van der Waals surface area contributed by atoms with E-state index < -0.39 is 0 Å². The van der Waals surface area contributed by atoms with Crippen LogP contribution in [0.3, 0.4) is 0 Å². The zero-order chi connectivity index (χ0) is 20.1. The highest BCUT2D eigenvalue weighted by Crippen LogP contribution is 2.38. The van der Waals surface area contributed by atoms with E-state index in [0.29, 0.717) is 13.0 Å². The third kappa shape index (κ3) is 4.29. The SMILES string of the molecule is CCOc1ccncc1N(c1ccc(C)cc1)C1CCN(C(=O)CC)C(C)C1. The van der Waals surface area contributed by atoms with Crippen molar-refractivity contribution >= 4 is 17.3 Å². The summed E-state index contributed by atoms with van der Waals surface area (Å²) >= 11 is 0. The number of likely N-dealkylation sites (tertiary alicyclic amines) is 1. The summed E-state index contributed by atoms with van der Waals surface area (Å²) in [5.74, 6) is 1.09. The molecule has 28 heavy (non-hydrogen) atoms. The van der Waals surface area contributed by atoms with Crippen molar-refractivity contribution in [3.05, 3.63) is 48.3 Å². The summed E-state index contributed by atoms with van der Waals surface area (Å²) in [4.78, 5) is 21.0. The van der Waals surface area contributed by atoms with E-state index in [0.717, 1.165) is 36.5 Å². The van der Waals surface area contributed by atoms with Gasteiger partial charge in [0.05, 0.1) is 12.8 Å². The van der Waals surface area contributed by atoms with Crippen LogP contribution in [0.25, 0.3) is 0 Å². The van der Waals surface area contributed by atoms with Crippen molar-refractivity contribution in [3.8, 4) is 5.75 Å². The smallest absolute Gasteiger partial charge is 0.222 e. The van der Waals surface area contributed by atoms with Gasteiger partial charge in [0.1, 0.15) is 11.4 Å². The first-order chi connectivity index (χ1) is 13.5. The highest BCUT2D eigenvalue weighted by molar-refractivity contribution is 5.76. The van der Waals surface area contributed by atoms with Gasteiger partial charge in [0.15, 0.2) is 0 Å². The number of nitrogens with zero attached hydrogens (tertiary/aromatic N) is 3. The van der Waals surface area contributed by atoms with Crippen LogP contribution in [0.15, 0.2) is 42.7 Å². The molecule has 0 spiro atoms. The summed E-state index contributed by atoms with van der Waals surface area (Å²) in [6, 6.07) is 11.0. The van der Waals surface area contributed by atoms with Crippen LogP contribution in [0.4, 0.5) is 11.4 Å². The first kappa shape index (κ1) is 20.2. The molecule has 1 amide bonds. The molecule has 0 radical (unpaired) electrons. The second-order valence-electron chi connectivity index (χ2n) is 7.45. The Morgan fingerprint density at radius 2 is 2.00 bits per heavy atom. The van der Waals surface area contributed by atoms with Crippen molar-refractivity contribution in [1.29, 1.82) is 0 Å². The van der Waals surface area contributed by atoms with Gasteiger partial charge in [-0.2, -0.15) is 0 Å². The van der Waals surface area contributed by atoms with Crippen LogP contribution in [-0.2, 0) is 4.79 Å². The van der Waals surface area contributed by atoms with Crippen LogP contribution >= 0.6 is 0 Å². The molecular weight excluding hydrogens is 350 g/mol. The minimum Gasteiger partial charge on any atom is -0.492 e. The molecule has 1 fully saturated rings. The molecule has 0 aliphatic carbocycles. The summed E-state index contributed by atoms with van der Waals surface area (Å²) in [7, 11) is 0. The van der Waals surface area contributed by atoms with Crippen LogP contribution in [0.2, 0.25) is 0 Å². The van der Waals surface area contributed by atoms with Crippen LogP contribution in [0, 0.1) is 6.92 Å². The van der Waals surface area contributed by atoms with Crippen molar-refractivity contribution in [2.45, 2.75) is 59.0 Å². The van der Waals surface area contributed by atoms with Gasteiger partial charge in [0.25, 0.3) is 0 Å². The summed E-state index contributed by atoms with van der Waals surface area (Å²) < 4.78 is 5.91. The molecule has 1 aliphatic rings. The van der Waals surface area contributed by atoms with Crippen LogP contribution in [0.5, 0.6) is 5.75 Å². The lowest BCUT2D eigenvalue weighted by Gasteiger charge is -2.43. The summed E-state index contributed by atoms with van der Waals surface area (Å²) in [5, 5.41) is 0. The number of piperidine rings is 1. The number of hydrogen-bond acceptors (Lipinski definition) is 4. The van der Waals surface area contributed by atoms with E-state index in [1.807, 2.05) is 31.0 Å². The van der Waals surface area contributed by atoms with Gasteiger partial charge in [0.2, 0.25) is 5.91 Å². The molecule has 0 bridgehead atoms. The van der Waals surface area contributed by atoms with Gasteiger partial charge in [-0.25, -0.2) is 0 Å². The molecule has 3 rings (SSSR count). The molecule has 150 valence electrons. The number of anilines is 2. The Morgan fingerprint density at radius 3 is 2.64 bits per heavy atom. The number of amides is 1. The Labute approximate surface area is 168 Å². The van der Waals surface area contributed by atoms with Gasteiger partial charge >= 0.3 is 0 Å². The Bertz CT molecular complexity index is 791. The minimum atomic E-state index is 0.214. The molecule has 0 saturated carbocycles. The number of pyridine rings is 1. The van der Waals surface area contributed by atoms with E-state index in [1.54, 1.807) is 6.20 Å². The lowest BCUT2D eigenvalue weighted by molar-refractivity contribution is -0.134. The summed E-state index contributed by atoms with van der Waals surface area (Å²) in [6.45, 7) is 9.57. The minimum absolute atomic E-state index is 0.214. The lowest BCUT2D eigenvalue weighted by Crippen LogP contribution is -2.50. The lowest BCUT2D eigenvalue weighted by atomic mass is 9.95. The molecule has 1 aromatic heterocycles. The number of rotatable bonds is 6. The number of benzene rings is 1. The van der Waals surface area contributed by atoms with Crippen molar-refractivity contribution < 1.29 is 9.53 Å². The monoisotopic (exact) mass is 381 g/mol. The fourth-order valence-electron chi connectivity index (χ4n) is 4.04. The molecule has 1 aliphatic heterocycles. The number of ether oxygens (including phenoxy) is 1. The number of hydrogen-bond donors (Lipinski definition) is 0. The van der Waals surface area contributed by atoms with Gasteiger partial charge < -0.3 is 14.5 Å². The van der Waals surface area contributed by atoms with Crippen molar-refractivity contribution in [3.63, 3.8) is 0 Å². The first-order valence-corrected chi connectivity index (χ1v) is 10.3. The standard InChI is InChI=1S/C23H31N3O2/c1-5-23(27)25-14-12-20(15-18(25)4)26(19-9-7-17(3)8-10-19)21-16-24-13-11-22(21)28-6-2/h7-11,13,16,18,20H,5-6,12,14-15H2,1-4H3. The second kappa shape index (κ2) is 9.09. The Morgan fingerprint density at radius 1 is 1.25 bits per heavy atom. The zero-order valence-electron chi connectivity index (χ0n) is 17.4. The van der Waals surface area contributed by atoms with E-state index in [2.05, 4.69) is 48.0 Å². The number of carbonyl (C=O) groups excluding carboxylic acids is 1. The quantitative estimate of drug-likeness (QED) is 0.726. The van der Waals surface area contributed by atoms with Crippen molar-refractivity contribution in [1.82, 2.24) is 9.88 Å². The van der Waals surface area contributed by atoms with Gasteiger partial charge in [-0.15, -0.1) is 0 Å². The van der Waals surface area contributed by atoms with Crippen LogP contribution < -0.4 is 9.64 Å². The molecule has 2 aromatic rings. The van der Waals surface area contributed by atoms with Crippen LogP contribution in [0.1, 0.15) is 45.6 Å². The van der Waals surface area contributed by atoms with E-state index in [4.69, 9.17) is 4.74 Å². The predicted molar refractivity (Wildman–Crippen MR) is 113 cm³/mol. The maximum absolute atomic E-state index is 12.3. The maximum atomic E-state index is 12.3. The average Bonchev–Trinajstić information content (AvgIpc) is 2.71. The topological polar surface area (TPSA) is 45.7 Å². The molecule has 0 N–H and O–H groups in total. The molecule has 1 aromatic carbocycles. The number of aromatic nitrogens is 1. The fraction of sp³-hybridized carbons (Fsp3) is 0.478. The number of carbonyl (C=O) groups is 1. The van der Waals surface area contributed by atoms with Gasteiger partial charge in [0, 0.05) is 43.0 Å². The van der Waals surface area contributed by atoms with Crippen LogP contribution in [-0.4, -0.2) is 41.0 Å². The van der Waals surface area contributed by atoms with E-state index in [9.17, 15) is 4.79 Å². The predicted octanol–water partition coefficient (Wildman–Crippen LogP) is 4.72. The molecule has 5 nitrogen and oxygen atoms in total. The van der Waals surface area contributed by atoms with E-state index in [-0.39, 0.29) is 18.0 Å². The molecule has 1 saturated heterocycles. The van der Waals surface area contributed by atoms with Gasteiger partial charge in [-0.05, 0) is 45.7 Å². The molecule has 2 atom stereocenters. The summed E-state index contributed by atoms with van der Waals surface area (Å²) in [5.41, 5.74) is 3.35. The molecule has 2 heterocycles. The molecule has 5 heteroatoms. The van der Waals surface area contributed by atoms with Gasteiger partial charge in [-0.1, -0.05) is 24.6 Å². The third-order valence-electron chi connectivity index (χ3n) is 5.47. The average molecular weight is 382 g/mol. The normalized spacial score (nSPS) is 19.4. The van der Waals surface area contributed by atoms with Crippen molar-refractivity contribution in [2.24, 2.45) is 0 Å². The van der Waals surface area contributed by atoms with E-state index in [1.165, 1.54) is 5.56 Å². The first-order valence-electron chi connectivity index (χ1n) is 10.3. The Hall–Kier alpha value is -2.56. The summed E-state index contributed by atoms with van der Waals surface area (Å²) in [6.07, 6.45) is 6.06. The maximum Gasteiger partial charge on any atom is 0.222 e. The fourth-order valence-corrected chi connectivity index (χ4v) is 4.04. The molecule has 2 unspecified atom stereocenters. The largest absolute Gasteiger partial charge is 0.492 e. The zero-order valence-corrected chi connectivity index (χ0v) is 17.4. The van der Waals surface area contributed by atoms with E-state index >= 15 is 0 Å². The highest BCUT2D eigenvalue weighted by atomic mass is 16.5. The Balaban J connectivity index is 1.96. The highest BCUT2D eigenvalue weighted by Gasteiger charge is 2.33. The van der Waals surface area contributed by atoms with Gasteiger partial charge in [-0.3, -0.25) is 9.78 Å². The second-order valence-corrected chi connectivity index (χ2v) is 7.45. The number of aryl methyl sites for hydroxylation is 1.